The topological polar surface area (TPSA) is 43.3 Å². The van der Waals surface area contributed by atoms with Gasteiger partial charge in [0.25, 0.3) is 0 Å². The highest BCUT2D eigenvalue weighted by Gasteiger charge is 2.46. The van der Waals surface area contributed by atoms with Crippen molar-refractivity contribution in [2.75, 3.05) is 0 Å². The fraction of sp³-hybridized carbons (Fsp3) is 0.172. The van der Waals surface area contributed by atoms with E-state index in [2.05, 4.69) is 86.6 Å². The first kappa shape index (κ1) is 20.8. The van der Waals surface area contributed by atoms with Crippen LogP contribution >= 0.6 is 0 Å². The quantitative estimate of drug-likeness (QED) is 0.434. The standard InChI is InChI=1S/C29H26BO2/c1-20(2)18-21-10-8-13-23(19-21)29(22-11-4-3-5-12-22)25-15-7-6-14-24(25)28-26(29)16-9-17-27(28)30(31)32/h3-17,19-20,31H,18H2,1-2H3/q-1. The van der Waals surface area contributed by atoms with Crippen LogP contribution in [0.4, 0.5) is 0 Å². The maximum atomic E-state index is 12.3. The smallest absolute Gasteiger partial charge is 0.213 e. The first-order chi connectivity index (χ1) is 15.5. The van der Waals surface area contributed by atoms with Crippen LogP contribution in [0.1, 0.15) is 41.7 Å². The van der Waals surface area contributed by atoms with Gasteiger partial charge in [0.1, 0.15) is 0 Å². The Labute approximate surface area is 190 Å². The van der Waals surface area contributed by atoms with E-state index in [1.165, 1.54) is 11.1 Å². The summed E-state index contributed by atoms with van der Waals surface area (Å²) in [5, 5.41) is 22.4. The summed E-state index contributed by atoms with van der Waals surface area (Å²) in [6.07, 6.45) is 1.01. The van der Waals surface area contributed by atoms with Crippen LogP contribution in [0, 0.1) is 5.92 Å². The van der Waals surface area contributed by atoms with Crippen molar-refractivity contribution in [1.29, 1.82) is 0 Å². The molecule has 4 aromatic carbocycles. The second-order valence-corrected chi connectivity index (χ2v) is 9.08. The van der Waals surface area contributed by atoms with E-state index in [1.807, 2.05) is 18.2 Å². The van der Waals surface area contributed by atoms with Gasteiger partial charge < -0.3 is 10.0 Å². The monoisotopic (exact) mass is 417 g/mol. The fourth-order valence-corrected chi connectivity index (χ4v) is 5.44. The van der Waals surface area contributed by atoms with Crippen molar-refractivity contribution in [3.8, 4) is 11.1 Å². The normalized spacial score (nSPS) is 16.7. The van der Waals surface area contributed by atoms with Crippen molar-refractivity contribution in [3.63, 3.8) is 0 Å². The second kappa shape index (κ2) is 8.09. The predicted octanol–water partition coefficient (Wildman–Crippen LogP) is 4.30. The summed E-state index contributed by atoms with van der Waals surface area (Å²) >= 11 is 0. The SMILES string of the molecule is CC(C)Cc1cccc(C2(c3ccccc3)c3ccccc3-c3c(B([O-])O)cccc32)c1. The minimum absolute atomic E-state index is 0.436. The molecule has 32 heavy (non-hydrogen) atoms. The lowest BCUT2D eigenvalue weighted by molar-refractivity contribution is -0.211. The number of fused-ring (bicyclic) bond motifs is 3. The van der Waals surface area contributed by atoms with Crippen molar-refractivity contribution in [2.45, 2.75) is 25.7 Å². The molecule has 0 saturated carbocycles. The lowest BCUT2D eigenvalue weighted by Crippen LogP contribution is -2.44. The van der Waals surface area contributed by atoms with E-state index in [-0.39, 0.29) is 0 Å². The number of benzene rings is 4. The van der Waals surface area contributed by atoms with Crippen molar-refractivity contribution in [3.05, 3.63) is 125 Å². The first-order valence-electron chi connectivity index (χ1n) is 11.3. The summed E-state index contributed by atoms with van der Waals surface area (Å²) in [7, 11) is -1.78. The molecule has 158 valence electrons. The summed E-state index contributed by atoms with van der Waals surface area (Å²) in [5.74, 6) is 0.559. The van der Waals surface area contributed by atoms with Crippen LogP contribution in [0.2, 0.25) is 0 Å². The summed E-state index contributed by atoms with van der Waals surface area (Å²) in [6, 6.07) is 33.4. The van der Waals surface area contributed by atoms with Gasteiger partial charge in [-0.2, -0.15) is 0 Å². The van der Waals surface area contributed by atoms with Gasteiger partial charge in [-0.1, -0.05) is 116 Å². The van der Waals surface area contributed by atoms with E-state index in [4.69, 9.17) is 0 Å². The van der Waals surface area contributed by atoms with Gasteiger partial charge in [0.05, 0.1) is 5.41 Å². The Hall–Kier alpha value is -3.14. The van der Waals surface area contributed by atoms with Crippen molar-refractivity contribution in [1.82, 2.24) is 0 Å². The highest BCUT2D eigenvalue weighted by molar-refractivity contribution is 6.59. The zero-order valence-corrected chi connectivity index (χ0v) is 18.5. The van der Waals surface area contributed by atoms with Gasteiger partial charge in [-0.15, -0.1) is 0 Å². The summed E-state index contributed by atoms with van der Waals surface area (Å²) < 4.78 is 0. The molecule has 1 N–H and O–H groups in total. The molecule has 0 saturated heterocycles. The molecule has 0 aliphatic heterocycles. The zero-order valence-electron chi connectivity index (χ0n) is 18.5. The third-order valence-corrected chi connectivity index (χ3v) is 6.58. The molecule has 1 aliphatic carbocycles. The van der Waals surface area contributed by atoms with E-state index < -0.39 is 12.5 Å². The largest absolute Gasteiger partial charge is 0.853 e. The molecule has 1 unspecified atom stereocenters. The molecule has 0 spiro atoms. The molecule has 3 heteroatoms. The molecule has 1 atom stereocenters. The van der Waals surface area contributed by atoms with Crippen molar-refractivity contribution < 1.29 is 10.0 Å². The van der Waals surface area contributed by atoms with Gasteiger partial charge in [-0.3, -0.25) is 0 Å². The Morgan fingerprint density at radius 3 is 2.19 bits per heavy atom. The molecule has 0 aromatic heterocycles. The molecule has 0 heterocycles. The van der Waals surface area contributed by atoms with E-state index in [0.29, 0.717) is 11.4 Å². The molecule has 0 radical (unpaired) electrons. The van der Waals surface area contributed by atoms with Crippen LogP contribution in [-0.4, -0.2) is 12.1 Å². The summed E-state index contributed by atoms with van der Waals surface area (Å²) in [6.45, 7) is 4.48. The number of hydrogen-bond acceptors (Lipinski definition) is 2. The third kappa shape index (κ3) is 3.12. The molecule has 0 amide bonds. The van der Waals surface area contributed by atoms with Crippen LogP contribution in [0.3, 0.4) is 0 Å². The Morgan fingerprint density at radius 2 is 1.44 bits per heavy atom. The Morgan fingerprint density at radius 1 is 0.781 bits per heavy atom. The Bertz CT molecular complexity index is 1260. The predicted molar refractivity (Wildman–Crippen MR) is 130 cm³/mol. The molecular formula is C29H26BO2-. The molecule has 5 rings (SSSR count). The van der Waals surface area contributed by atoms with Crippen LogP contribution in [0.25, 0.3) is 11.1 Å². The van der Waals surface area contributed by atoms with Gasteiger partial charge in [-0.25, -0.2) is 0 Å². The Balaban J connectivity index is 1.91. The van der Waals surface area contributed by atoms with E-state index in [0.717, 1.165) is 34.2 Å². The third-order valence-electron chi connectivity index (χ3n) is 6.58. The minimum Gasteiger partial charge on any atom is -0.853 e. The number of hydrogen-bond donors (Lipinski definition) is 1. The number of rotatable bonds is 5. The second-order valence-electron chi connectivity index (χ2n) is 9.08. The maximum Gasteiger partial charge on any atom is 0.213 e. The molecule has 0 fully saturated rings. The van der Waals surface area contributed by atoms with E-state index >= 15 is 0 Å². The molecule has 0 bridgehead atoms. The van der Waals surface area contributed by atoms with Gasteiger partial charge in [0.2, 0.25) is 7.12 Å². The van der Waals surface area contributed by atoms with Gasteiger partial charge in [-0.05, 0) is 51.3 Å². The van der Waals surface area contributed by atoms with Crippen LogP contribution < -0.4 is 10.5 Å². The highest BCUT2D eigenvalue weighted by atomic mass is 16.4. The molecular weight excluding hydrogens is 391 g/mol. The minimum atomic E-state index is -1.78. The van der Waals surface area contributed by atoms with Gasteiger partial charge >= 0.3 is 0 Å². The first-order valence-corrected chi connectivity index (χ1v) is 11.3. The highest BCUT2D eigenvalue weighted by Crippen LogP contribution is 2.55. The Kier molecular flexibility index (Phi) is 5.24. The molecule has 1 aliphatic rings. The summed E-state index contributed by atoms with van der Waals surface area (Å²) in [5.41, 5.74) is 7.62. The fourth-order valence-electron chi connectivity index (χ4n) is 5.44. The lowest BCUT2D eigenvalue weighted by atomic mass is 9.66. The van der Waals surface area contributed by atoms with Gasteiger partial charge in [0.15, 0.2) is 0 Å². The van der Waals surface area contributed by atoms with Crippen LogP contribution in [0.15, 0.2) is 97.1 Å². The van der Waals surface area contributed by atoms with Crippen LogP contribution in [-0.2, 0) is 11.8 Å². The van der Waals surface area contributed by atoms with Crippen molar-refractivity contribution in [2.24, 2.45) is 5.92 Å². The van der Waals surface area contributed by atoms with Crippen LogP contribution in [0.5, 0.6) is 0 Å². The van der Waals surface area contributed by atoms with E-state index in [9.17, 15) is 10.0 Å². The zero-order chi connectivity index (χ0) is 22.3. The van der Waals surface area contributed by atoms with Gasteiger partial charge in [0, 0.05) is 0 Å². The molecule has 4 aromatic rings. The average molecular weight is 417 g/mol. The van der Waals surface area contributed by atoms with Crippen molar-refractivity contribution >= 4 is 12.6 Å². The van der Waals surface area contributed by atoms with E-state index in [1.54, 1.807) is 6.07 Å². The maximum absolute atomic E-state index is 12.3. The summed E-state index contributed by atoms with van der Waals surface area (Å²) in [4.78, 5) is 0. The average Bonchev–Trinajstić information content (AvgIpc) is 3.11. The molecule has 2 nitrogen and oxygen atoms in total. The lowest BCUT2D eigenvalue weighted by Gasteiger charge is -2.34.